The third kappa shape index (κ3) is 6.44. The number of carbonyl (C=O) groups is 2. The van der Waals surface area contributed by atoms with Gasteiger partial charge in [-0.05, 0) is 47.9 Å². The molecule has 1 atom stereocenters. The number of hydrogen-bond acceptors (Lipinski definition) is 3. The fourth-order valence-corrected chi connectivity index (χ4v) is 2.93. The predicted octanol–water partition coefficient (Wildman–Crippen LogP) is 4.98. The maximum atomic E-state index is 13.0. The minimum absolute atomic E-state index is 0.0493. The van der Waals surface area contributed by atoms with Crippen LogP contribution in [0.15, 0.2) is 78.9 Å². The van der Waals surface area contributed by atoms with Gasteiger partial charge in [-0.25, -0.2) is 4.39 Å². The Balaban J connectivity index is 1.50. The molecule has 0 radical (unpaired) electrons. The zero-order valence-corrected chi connectivity index (χ0v) is 16.6. The molecule has 5 nitrogen and oxygen atoms in total. The van der Waals surface area contributed by atoms with Crippen molar-refractivity contribution in [3.8, 4) is 5.75 Å². The van der Waals surface area contributed by atoms with Crippen LogP contribution in [0, 0.1) is 5.82 Å². The molecule has 0 spiro atoms. The fraction of sp³-hybridized carbons (Fsp3) is 0.167. The number of benzene rings is 3. The molecule has 0 aliphatic heterocycles. The summed E-state index contributed by atoms with van der Waals surface area (Å²) in [6, 6.07) is 22.1. The molecule has 1 unspecified atom stereocenters. The fourth-order valence-electron chi connectivity index (χ4n) is 2.93. The lowest BCUT2D eigenvalue weighted by Crippen LogP contribution is -2.20. The molecule has 2 amide bonds. The van der Waals surface area contributed by atoms with Crippen LogP contribution in [0.5, 0.6) is 5.75 Å². The monoisotopic (exact) mass is 406 g/mol. The maximum absolute atomic E-state index is 13.0. The lowest BCUT2D eigenvalue weighted by molar-refractivity contribution is -0.118. The van der Waals surface area contributed by atoms with Crippen molar-refractivity contribution < 1.29 is 18.7 Å². The van der Waals surface area contributed by atoms with Gasteiger partial charge in [-0.2, -0.15) is 0 Å². The van der Waals surface area contributed by atoms with Crippen LogP contribution in [0.3, 0.4) is 0 Å². The third-order valence-corrected chi connectivity index (χ3v) is 4.48. The van der Waals surface area contributed by atoms with E-state index in [-0.39, 0.29) is 36.6 Å². The van der Waals surface area contributed by atoms with Crippen molar-refractivity contribution in [3.63, 3.8) is 0 Å². The largest absolute Gasteiger partial charge is 0.484 e. The van der Waals surface area contributed by atoms with E-state index in [1.165, 1.54) is 12.1 Å². The van der Waals surface area contributed by atoms with E-state index >= 15 is 0 Å². The Kier molecular flexibility index (Phi) is 7.16. The van der Waals surface area contributed by atoms with Crippen molar-refractivity contribution in [2.24, 2.45) is 0 Å². The van der Waals surface area contributed by atoms with Crippen LogP contribution in [0.25, 0.3) is 0 Å². The van der Waals surface area contributed by atoms with Gasteiger partial charge >= 0.3 is 0 Å². The minimum atomic E-state index is -0.301. The molecule has 2 N–H and O–H groups in total. The van der Waals surface area contributed by atoms with E-state index in [1.54, 1.807) is 48.5 Å². The molecule has 3 aromatic carbocycles. The Morgan fingerprint density at radius 3 is 2.27 bits per heavy atom. The number of hydrogen-bond donors (Lipinski definition) is 2. The first-order valence-corrected chi connectivity index (χ1v) is 9.62. The number of amides is 2. The number of nitrogens with one attached hydrogen (secondary N) is 2. The second-order valence-corrected chi connectivity index (χ2v) is 6.94. The highest BCUT2D eigenvalue weighted by Crippen LogP contribution is 2.22. The summed E-state index contributed by atoms with van der Waals surface area (Å²) in [6.45, 7) is 1.77. The minimum Gasteiger partial charge on any atom is -0.484 e. The van der Waals surface area contributed by atoms with Crippen LogP contribution < -0.4 is 15.4 Å². The van der Waals surface area contributed by atoms with Crippen LogP contribution >= 0.6 is 0 Å². The highest BCUT2D eigenvalue weighted by atomic mass is 19.1. The molecule has 0 fully saturated rings. The average Bonchev–Trinajstić information content (AvgIpc) is 2.73. The molecule has 6 heteroatoms. The van der Waals surface area contributed by atoms with Crippen molar-refractivity contribution in [1.82, 2.24) is 0 Å². The van der Waals surface area contributed by atoms with Gasteiger partial charge < -0.3 is 15.4 Å². The Morgan fingerprint density at radius 1 is 0.867 bits per heavy atom. The zero-order valence-electron chi connectivity index (χ0n) is 16.6. The summed E-state index contributed by atoms with van der Waals surface area (Å²) >= 11 is 0. The van der Waals surface area contributed by atoms with Crippen molar-refractivity contribution in [2.75, 3.05) is 17.2 Å². The van der Waals surface area contributed by atoms with Crippen LogP contribution in [0.1, 0.15) is 24.8 Å². The number of rotatable bonds is 8. The van der Waals surface area contributed by atoms with Crippen molar-refractivity contribution in [1.29, 1.82) is 0 Å². The molecule has 0 bridgehead atoms. The van der Waals surface area contributed by atoms with E-state index in [1.807, 2.05) is 25.1 Å². The van der Waals surface area contributed by atoms with E-state index in [0.717, 1.165) is 5.56 Å². The Labute approximate surface area is 174 Å². The summed E-state index contributed by atoms with van der Waals surface area (Å²) in [4.78, 5) is 24.3. The van der Waals surface area contributed by atoms with Gasteiger partial charge in [0.15, 0.2) is 6.61 Å². The SMILES string of the molecule is CC(CC(=O)Nc1cccc(OCC(=O)Nc2ccccc2)c1)c1ccc(F)cc1. The molecule has 0 heterocycles. The molecule has 0 aliphatic carbocycles. The topological polar surface area (TPSA) is 67.4 Å². The summed E-state index contributed by atoms with van der Waals surface area (Å²) in [7, 11) is 0. The summed E-state index contributed by atoms with van der Waals surface area (Å²) in [5.41, 5.74) is 2.17. The van der Waals surface area contributed by atoms with E-state index in [0.29, 0.717) is 17.1 Å². The standard InChI is InChI=1S/C24H23FN2O3/c1-17(18-10-12-19(25)13-11-18)14-23(28)27-21-8-5-9-22(15-21)30-16-24(29)26-20-6-3-2-4-7-20/h2-13,15,17H,14,16H2,1H3,(H,26,29)(H,27,28). The molecule has 154 valence electrons. The molecule has 0 saturated heterocycles. The van der Waals surface area contributed by atoms with E-state index in [2.05, 4.69) is 10.6 Å². The first-order chi connectivity index (χ1) is 14.5. The summed E-state index contributed by atoms with van der Waals surface area (Å²) in [6.07, 6.45) is 0.260. The van der Waals surface area contributed by atoms with Gasteiger partial charge in [0.2, 0.25) is 5.91 Å². The Morgan fingerprint density at radius 2 is 1.53 bits per heavy atom. The smallest absolute Gasteiger partial charge is 0.262 e. The predicted molar refractivity (Wildman–Crippen MR) is 115 cm³/mol. The summed E-state index contributed by atoms with van der Waals surface area (Å²) in [5, 5.41) is 5.57. The van der Waals surface area contributed by atoms with Gasteiger partial charge in [-0.3, -0.25) is 9.59 Å². The molecule has 0 saturated carbocycles. The molecule has 3 aromatic rings. The number of para-hydroxylation sites is 1. The first-order valence-electron chi connectivity index (χ1n) is 9.62. The highest BCUT2D eigenvalue weighted by Gasteiger charge is 2.12. The van der Waals surface area contributed by atoms with Crippen molar-refractivity contribution in [3.05, 3.63) is 90.2 Å². The van der Waals surface area contributed by atoms with Crippen LogP contribution in [0.4, 0.5) is 15.8 Å². The van der Waals surface area contributed by atoms with Gasteiger partial charge in [-0.1, -0.05) is 43.3 Å². The van der Waals surface area contributed by atoms with Gasteiger partial charge in [0.05, 0.1) is 0 Å². The quantitative estimate of drug-likeness (QED) is 0.555. The van der Waals surface area contributed by atoms with E-state index in [4.69, 9.17) is 4.74 Å². The molecule has 30 heavy (non-hydrogen) atoms. The van der Waals surface area contributed by atoms with Crippen LogP contribution in [-0.4, -0.2) is 18.4 Å². The highest BCUT2D eigenvalue weighted by molar-refractivity contribution is 5.92. The third-order valence-electron chi connectivity index (χ3n) is 4.48. The number of ether oxygens (including phenoxy) is 1. The van der Waals surface area contributed by atoms with E-state index in [9.17, 15) is 14.0 Å². The normalized spacial score (nSPS) is 11.4. The second-order valence-electron chi connectivity index (χ2n) is 6.94. The Hall–Kier alpha value is -3.67. The maximum Gasteiger partial charge on any atom is 0.262 e. The molecular weight excluding hydrogens is 383 g/mol. The number of carbonyl (C=O) groups excluding carboxylic acids is 2. The van der Waals surface area contributed by atoms with Crippen LogP contribution in [-0.2, 0) is 9.59 Å². The first kappa shape index (κ1) is 21.0. The molecule has 0 aromatic heterocycles. The van der Waals surface area contributed by atoms with Gasteiger partial charge in [-0.15, -0.1) is 0 Å². The molecular formula is C24H23FN2O3. The summed E-state index contributed by atoms with van der Waals surface area (Å²) in [5.74, 6) is -0.312. The lowest BCUT2D eigenvalue weighted by atomic mass is 9.97. The van der Waals surface area contributed by atoms with E-state index < -0.39 is 0 Å². The van der Waals surface area contributed by atoms with Crippen molar-refractivity contribution in [2.45, 2.75) is 19.3 Å². The number of anilines is 2. The number of halogens is 1. The summed E-state index contributed by atoms with van der Waals surface area (Å²) < 4.78 is 18.6. The van der Waals surface area contributed by atoms with Gasteiger partial charge in [0, 0.05) is 23.9 Å². The second kappa shape index (κ2) is 10.2. The van der Waals surface area contributed by atoms with Crippen molar-refractivity contribution >= 4 is 23.2 Å². The molecule has 3 rings (SSSR count). The zero-order chi connectivity index (χ0) is 21.3. The Bertz CT molecular complexity index is 991. The van der Waals surface area contributed by atoms with Gasteiger partial charge in [0.1, 0.15) is 11.6 Å². The average molecular weight is 406 g/mol. The molecule has 0 aliphatic rings. The lowest BCUT2D eigenvalue weighted by Gasteiger charge is -2.13. The van der Waals surface area contributed by atoms with Gasteiger partial charge in [0.25, 0.3) is 5.91 Å². The van der Waals surface area contributed by atoms with Crippen LogP contribution in [0.2, 0.25) is 0 Å².